The second kappa shape index (κ2) is 6.02. The van der Waals surface area contributed by atoms with Crippen molar-refractivity contribution < 1.29 is 13.2 Å². The third-order valence-corrected chi connectivity index (χ3v) is 6.01. The first-order valence-corrected chi connectivity index (χ1v) is 9.99. The molecule has 6 heteroatoms. The number of carbonyl (C=O) groups is 1. The molecule has 3 rings (SSSR count). The maximum Gasteiger partial charge on any atom is 0.240 e. The average molecular weight is 347 g/mol. The standard InChI is InChI=1S/C17H17NO3S2/c1-12-17(19)18(11-13-6-4-3-5-7-13)15-10-14(23(2,20)21)8-9-16(15)22-12/h3-10,12H,11H2,1-2H3. The van der Waals surface area contributed by atoms with Crippen LogP contribution in [-0.2, 0) is 21.2 Å². The maximum absolute atomic E-state index is 12.6. The van der Waals surface area contributed by atoms with Crippen molar-refractivity contribution in [2.45, 2.75) is 28.5 Å². The summed E-state index contributed by atoms with van der Waals surface area (Å²) >= 11 is 1.47. The van der Waals surface area contributed by atoms with Gasteiger partial charge in [-0.05, 0) is 30.7 Å². The number of hydrogen-bond donors (Lipinski definition) is 0. The summed E-state index contributed by atoms with van der Waals surface area (Å²) in [6.45, 7) is 2.31. The van der Waals surface area contributed by atoms with Crippen molar-refractivity contribution in [1.82, 2.24) is 0 Å². The van der Waals surface area contributed by atoms with Crippen LogP contribution in [0.15, 0.2) is 58.3 Å². The number of carbonyl (C=O) groups excluding carboxylic acids is 1. The van der Waals surface area contributed by atoms with Gasteiger partial charge in [0.2, 0.25) is 5.91 Å². The van der Waals surface area contributed by atoms with Gasteiger partial charge in [-0.25, -0.2) is 8.42 Å². The zero-order valence-electron chi connectivity index (χ0n) is 12.9. The Morgan fingerprint density at radius 1 is 1.13 bits per heavy atom. The molecule has 0 aliphatic carbocycles. The van der Waals surface area contributed by atoms with Gasteiger partial charge in [-0.1, -0.05) is 30.3 Å². The molecule has 0 N–H and O–H groups in total. The lowest BCUT2D eigenvalue weighted by atomic mass is 10.1. The molecule has 0 aromatic heterocycles. The smallest absolute Gasteiger partial charge is 0.240 e. The minimum absolute atomic E-state index is 0.00277. The number of fused-ring (bicyclic) bond motifs is 1. The predicted octanol–water partition coefficient (Wildman–Crippen LogP) is 3.12. The van der Waals surface area contributed by atoms with Gasteiger partial charge in [-0.2, -0.15) is 0 Å². The second-order valence-electron chi connectivity index (χ2n) is 5.57. The highest BCUT2D eigenvalue weighted by Crippen LogP contribution is 2.40. The molecule has 0 fully saturated rings. The van der Waals surface area contributed by atoms with Gasteiger partial charge in [0.15, 0.2) is 9.84 Å². The van der Waals surface area contributed by atoms with Crippen molar-refractivity contribution >= 4 is 33.2 Å². The summed E-state index contributed by atoms with van der Waals surface area (Å²) in [4.78, 5) is 15.5. The Bertz CT molecular complexity index is 847. The summed E-state index contributed by atoms with van der Waals surface area (Å²) in [6, 6.07) is 14.7. The molecule has 1 heterocycles. The monoisotopic (exact) mass is 347 g/mol. The number of thioether (sulfide) groups is 1. The zero-order valence-corrected chi connectivity index (χ0v) is 14.5. The van der Waals surface area contributed by atoms with Crippen LogP contribution >= 0.6 is 11.8 Å². The molecule has 2 aromatic rings. The number of rotatable bonds is 3. The number of sulfone groups is 1. The largest absolute Gasteiger partial charge is 0.306 e. The van der Waals surface area contributed by atoms with E-state index in [2.05, 4.69) is 0 Å². The molecule has 1 atom stereocenters. The fourth-order valence-electron chi connectivity index (χ4n) is 2.55. The van der Waals surface area contributed by atoms with Crippen LogP contribution in [0.5, 0.6) is 0 Å². The molecule has 1 amide bonds. The molecule has 4 nitrogen and oxygen atoms in total. The van der Waals surface area contributed by atoms with E-state index in [1.54, 1.807) is 23.1 Å². The van der Waals surface area contributed by atoms with Crippen molar-refractivity contribution in [1.29, 1.82) is 0 Å². The first-order chi connectivity index (χ1) is 10.9. The van der Waals surface area contributed by atoms with E-state index >= 15 is 0 Å². The van der Waals surface area contributed by atoms with E-state index in [1.807, 2.05) is 37.3 Å². The summed E-state index contributed by atoms with van der Waals surface area (Å²) < 4.78 is 23.6. The molecule has 0 radical (unpaired) electrons. The highest BCUT2D eigenvalue weighted by atomic mass is 32.2. The highest BCUT2D eigenvalue weighted by Gasteiger charge is 2.31. The lowest BCUT2D eigenvalue weighted by Gasteiger charge is -2.32. The van der Waals surface area contributed by atoms with Crippen LogP contribution in [0.3, 0.4) is 0 Å². The third kappa shape index (κ3) is 3.28. The quantitative estimate of drug-likeness (QED) is 0.856. The summed E-state index contributed by atoms with van der Waals surface area (Å²) in [7, 11) is -3.31. The van der Waals surface area contributed by atoms with Crippen molar-refractivity contribution in [2.75, 3.05) is 11.2 Å². The third-order valence-electron chi connectivity index (χ3n) is 3.75. The van der Waals surface area contributed by atoms with Crippen LogP contribution in [0.25, 0.3) is 0 Å². The van der Waals surface area contributed by atoms with Crippen LogP contribution in [-0.4, -0.2) is 25.8 Å². The second-order valence-corrected chi connectivity index (χ2v) is 8.97. The van der Waals surface area contributed by atoms with E-state index in [1.165, 1.54) is 18.0 Å². The molecular formula is C17H17NO3S2. The van der Waals surface area contributed by atoms with Gasteiger partial charge in [0, 0.05) is 11.2 Å². The van der Waals surface area contributed by atoms with Gasteiger partial charge in [0.1, 0.15) is 0 Å². The normalized spacial score (nSPS) is 17.9. The Kier molecular flexibility index (Phi) is 4.21. The highest BCUT2D eigenvalue weighted by molar-refractivity contribution is 8.01. The molecule has 0 saturated heterocycles. The van der Waals surface area contributed by atoms with Crippen LogP contribution in [0.1, 0.15) is 12.5 Å². The number of benzene rings is 2. The van der Waals surface area contributed by atoms with Gasteiger partial charge in [0.25, 0.3) is 0 Å². The molecule has 2 aromatic carbocycles. The Morgan fingerprint density at radius 2 is 1.83 bits per heavy atom. The summed E-state index contributed by atoms with van der Waals surface area (Å²) in [5, 5.41) is -0.185. The first-order valence-electron chi connectivity index (χ1n) is 7.22. The number of amides is 1. The van der Waals surface area contributed by atoms with Crippen molar-refractivity contribution in [2.24, 2.45) is 0 Å². The fraction of sp³-hybridized carbons (Fsp3) is 0.235. The van der Waals surface area contributed by atoms with E-state index in [-0.39, 0.29) is 16.1 Å². The van der Waals surface area contributed by atoms with E-state index in [0.29, 0.717) is 12.2 Å². The lowest BCUT2D eigenvalue weighted by Crippen LogP contribution is -2.39. The van der Waals surface area contributed by atoms with E-state index in [9.17, 15) is 13.2 Å². The topological polar surface area (TPSA) is 54.5 Å². The minimum Gasteiger partial charge on any atom is -0.306 e. The molecular weight excluding hydrogens is 330 g/mol. The molecule has 120 valence electrons. The van der Waals surface area contributed by atoms with Crippen molar-refractivity contribution in [3.05, 3.63) is 54.1 Å². The number of anilines is 1. The van der Waals surface area contributed by atoms with Crippen LogP contribution in [0.4, 0.5) is 5.69 Å². The van der Waals surface area contributed by atoms with E-state index < -0.39 is 9.84 Å². The Hall–Kier alpha value is -1.79. The minimum atomic E-state index is -3.31. The lowest BCUT2D eigenvalue weighted by molar-refractivity contribution is -0.118. The van der Waals surface area contributed by atoms with Crippen LogP contribution in [0, 0.1) is 0 Å². The SMILES string of the molecule is CC1Sc2ccc(S(C)(=O)=O)cc2N(Cc2ccccc2)C1=O. The summed E-state index contributed by atoms with van der Waals surface area (Å²) in [6.07, 6.45) is 1.18. The van der Waals surface area contributed by atoms with Gasteiger partial charge < -0.3 is 4.90 Å². The zero-order chi connectivity index (χ0) is 16.6. The van der Waals surface area contributed by atoms with Gasteiger partial charge in [-0.15, -0.1) is 11.8 Å². The molecule has 0 bridgehead atoms. The summed E-state index contributed by atoms with van der Waals surface area (Å²) in [5.74, 6) is -0.00277. The van der Waals surface area contributed by atoms with Crippen molar-refractivity contribution in [3.8, 4) is 0 Å². The maximum atomic E-state index is 12.6. The Balaban J connectivity index is 2.07. The molecule has 1 aliphatic heterocycles. The Labute approximate surface area is 140 Å². The molecule has 1 unspecified atom stereocenters. The molecule has 0 saturated carbocycles. The molecule has 0 spiro atoms. The fourth-order valence-corrected chi connectivity index (χ4v) is 4.23. The van der Waals surface area contributed by atoms with Gasteiger partial charge >= 0.3 is 0 Å². The molecule has 23 heavy (non-hydrogen) atoms. The number of nitrogens with zero attached hydrogens (tertiary/aromatic N) is 1. The predicted molar refractivity (Wildman–Crippen MR) is 92.5 cm³/mol. The van der Waals surface area contributed by atoms with E-state index in [4.69, 9.17) is 0 Å². The van der Waals surface area contributed by atoms with Gasteiger partial charge in [-0.3, -0.25) is 4.79 Å². The number of hydrogen-bond acceptors (Lipinski definition) is 4. The Morgan fingerprint density at radius 3 is 2.48 bits per heavy atom. The first kappa shape index (κ1) is 16.1. The average Bonchev–Trinajstić information content (AvgIpc) is 2.51. The molecule has 1 aliphatic rings. The van der Waals surface area contributed by atoms with E-state index in [0.717, 1.165) is 10.5 Å². The van der Waals surface area contributed by atoms with Gasteiger partial charge in [0.05, 0.1) is 22.4 Å². The van der Waals surface area contributed by atoms with Crippen molar-refractivity contribution in [3.63, 3.8) is 0 Å². The van der Waals surface area contributed by atoms with Crippen LogP contribution < -0.4 is 4.90 Å². The van der Waals surface area contributed by atoms with Crippen LogP contribution in [0.2, 0.25) is 0 Å². The summed E-state index contributed by atoms with van der Waals surface area (Å²) in [5.41, 5.74) is 1.68.